The summed E-state index contributed by atoms with van der Waals surface area (Å²) in [5, 5.41) is 9.98. The van der Waals surface area contributed by atoms with E-state index >= 15 is 0 Å². The molecule has 0 bridgehead atoms. The molecule has 1 saturated carbocycles. The highest BCUT2D eigenvalue weighted by Gasteiger charge is 2.30. The van der Waals surface area contributed by atoms with Crippen LogP contribution in [0.3, 0.4) is 0 Å². The number of aliphatic hydroxyl groups is 1. The monoisotopic (exact) mass is 241 g/mol. The second-order valence-electron chi connectivity index (χ2n) is 5.96. The molecule has 3 nitrogen and oxygen atoms in total. The van der Waals surface area contributed by atoms with Gasteiger partial charge in [0.25, 0.3) is 0 Å². The van der Waals surface area contributed by atoms with Gasteiger partial charge in [-0.3, -0.25) is 0 Å². The molecule has 0 radical (unpaired) electrons. The van der Waals surface area contributed by atoms with Crippen LogP contribution in [0.25, 0.3) is 0 Å². The zero-order valence-electron chi connectivity index (χ0n) is 11.3. The molecule has 0 spiro atoms. The van der Waals surface area contributed by atoms with Gasteiger partial charge in [-0.05, 0) is 32.2 Å². The molecule has 0 aromatic heterocycles. The molecule has 4 unspecified atom stereocenters. The third-order valence-electron chi connectivity index (χ3n) is 4.59. The van der Waals surface area contributed by atoms with Crippen molar-refractivity contribution in [2.24, 2.45) is 11.8 Å². The van der Waals surface area contributed by atoms with Gasteiger partial charge in [0, 0.05) is 25.1 Å². The summed E-state index contributed by atoms with van der Waals surface area (Å²) < 4.78 is 5.48. The smallest absolute Gasteiger partial charge is 0.0624 e. The molecular formula is C14H27NO2. The summed E-state index contributed by atoms with van der Waals surface area (Å²) >= 11 is 0. The van der Waals surface area contributed by atoms with E-state index in [1.165, 1.54) is 25.7 Å². The average molecular weight is 241 g/mol. The number of ether oxygens (including phenoxy) is 1. The number of nitrogens with zero attached hydrogens (tertiary/aromatic N) is 1. The second kappa shape index (κ2) is 6.17. The zero-order chi connectivity index (χ0) is 12.3. The molecule has 2 fully saturated rings. The predicted octanol–water partition coefficient (Wildman–Crippen LogP) is 1.89. The van der Waals surface area contributed by atoms with Gasteiger partial charge in [0.15, 0.2) is 0 Å². The zero-order valence-corrected chi connectivity index (χ0v) is 11.3. The lowest BCUT2D eigenvalue weighted by Crippen LogP contribution is -2.46. The first-order chi connectivity index (χ1) is 8.18. The highest BCUT2D eigenvalue weighted by Crippen LogP contribution is 2.28. The minimum absolute atomic E-state index is 0.162. The van der Waals surface area contributed by atoms with Crippen LogP contribution in [0.2, 0.25) is 0 Å². The van der Waals surface area contributed by atoms with Crippen LogP contribution in [0.15, 0.2) is 0 Å². The maximum absolute atomic E-state index is 9.98. The molecule has 1 heterocycles. The second-order valence-corrected chi connectivity index (χ2v) is 5.96. The van der Waals surface area contributed by atoms with Gasteiger partial charge < -0.3 is 14.7 Å². The van der Waals surface area contributed by atoms with Crippen molar-refractivity contribution in [2.75, 3.05) is 26.8 Å². The van der Waals surface area contributed by atoms with Crippen LogP contribution in [-0.2, 0) is 4.74 Å². The summed E-state index contributed by atoms with van der Waals surface area (Å²) in [5.41, 5.74) is 0. The average Bonchev–Trinajstić information content (AvgIpc) is 2.32. The number of aliphatic hydroxyl groups excluding tert-OH is 1. The molecule has 3 heteroatoms. The fourth-order valence-corrected chi connectivity index (χ4v) is 3.42. The molecular weight excluding hydrogens is 214 g/mol. The number of rotatable bonds is 3. The van der Waals surface area contributed by atoms with Gasteiger partial charge in [0.05, 0.1) is 12.7 Å². The van der Waals surface area contributed by atoms with Gasteiger partial charge in [0.2, 0.25) is 0 Å². The minimum Gasteiger partial charge on any atom is -0.393 e. The van der Waals surface area contributed by atoms with Crippen molar-refractivity contribution < 1.29 is 9.84 Å². The first-order valence-electron chi connectivity index (χ1n) is 7.14. The van der Waals surface area contributed by atoms with Crippen LogP contribution in [0.5, 0.6) is 0 Å². The maximum atomic E-state index is 9.98. The number of hydrogen-bond acceptors (Lipinski definition) is 3. The van der Waals surface area contributed by atoms with Gasteiger partial charge >= 0.3 is 0 Å². The predicted molar refractivity (Wildman–Crippen MR) is 69.0 cm³/mol. The first kappa shape index (κ1) is 13.3. The van der Waals surface area contributed by atoms with E-state index < -0.39 is 0 Å². The van der Waals surface area contributed by atoms with E-state index in [1.807, 2.05) is 0 Å². The Morgan fingerprint density at radius 1 is 1.24 bits per heavy atom. The van der Waals surface area contributed by atoms with Gasteiger partial charge in [-0.25, -0.2) is 0 Å². The Kier molecular flexibility index (Phi) is 4.83. The molecule has 1 N–H and O–H groups in total. The number of hydrogen-bond donors (Lipinski definition) is 1. The minimum atomic E-state index is -0.162. The van der Waals surface area contributed by atoms with E-state index in [4.69, 9.17) is 4.74 Å². The van der Waals surface area contributed by atoms with Gasteiger partial charge in [-0.2, -0.15) is 0 Å². The Bertz CT molecular complexity index is 234. The fourth-order valence-electron chi connectivity index (χ4n) is 3.42. The molecule has 4 atom stereocenters. The summed E-state index contributed by atoms with van der Waals surface area (Å²) in [6.07, 6.45) is 6.08. The van der Waals surface area contributed by atoms with Crippen molar-refractivity contribution in [3.8, 4) is 0 Å². The normalized spacial score (nSPS) is 39.5. The molecule has 1 aliphatic carbocycles. The highest BCUT2D eigenvalue weighted by molar-refractivity contribution is 4.83. The van der Waals surface area contributed by atoms with E-state index in [0.29, 0.717) is 12.0 Å². The van der Waals surface area contributed by atoms with Gasteiger partial charge in [0.1, 0.15) is 0 Å². The third kappa shape index (κ3) is 3.43. The Morgan fingerprint density at radius 2 is 2.00 bits per heavy atom. The van der Waals surface area contributed by atoms with E-state index in [2.05, 4.69) is 18.9 Å². The summed E-state index contributed by atoms with van der Waals surface area (Å²) in [7, 11) is 2.22. The summed E-state index contributed by atoms with van der Waals surface area (Å²) in [4.78, 5) is 2.46. The van der Waals surface area contributed by atoms with E-state index in [-0.39, 0.29) is 6.10 Å². The SMILES string of the molecule is CC1CCCCC1N(C)CC1COCCC1O. The largest absolute Gasteiger partial charge is 0.393 e. The molecule has 1 aliphatic heterocycles. The lowest BCUT2D eigenvalue weighted by atomic mass is 9.84. The Balaban J connectivity index is 1.84. The van der Waals surface area contributed by atoms with Gasteiger partial charge in [-0.15, -0.1) is 0 Å². The molecule has 2 aliphatic rings. The molecule has 100 valence electrons. The highest BCUT2D eigenvalue weighted by atomic mass is 16.5. The van der Waals surface area contributed by atoms with E-state index in [1.54, 1.807) is 0 Å². The van der Waals surface area contributed by atoms with Crippen molar-refractivity contribution in [3.63, 3.8) is 0 Å². The third-order valence-corrected chi connectivity index (χ3v) is 4.59. The molecule has 0 amide bonds. The van der Waals surface area contributed by atoms with Crippen LogP contribution >= 0.6 is 0 Å². The van der Waals surface area contributed by atoms with Crippen molar-refractivity contribution in [3.05, 3.63) is 0 Å². The van der Waals surface area contributed by atoms with Crippen molar-refractivity contribution in [2.45, 2.75) is 51.2 Å². The standard InChI is InChI=1S/C14H27NO2/c1-11-5-3-4-6-13(11)15(2)9-12-10-17-8-7-14(12)16/h11-14,16H,3-10H2,1-2H3. The quantitative estimate of drug-likeness (QED) is 0.819. The summed E-state index contributed by atoms with van der Waals surface area (Å²) in [5.74, 6) is 1.11. The van der Waals surface area contributed by atoms with Crippen molar-refractivity contribution >= 4 is 0 Å². The van der Waals surface area contributed by atoms with Crippen molar-refractivity contribution in [1.29, 1.82) is 0 Å². The van der Waals surface area contributed by atoms with Crippen molar-refractivity contribution in [1.82, 2.24) is 4.90 Å². The van der Waals surface area contributed by atoms with Crippen LogP contribution < -0.4 is 0 Å². The molecule has 2 rings (SSSR count). The molecule has 17 heavy (non-hydrogen) atoms. The van der Waals surface area contributed by atoms with Crippen LogP contribution in [0, 0.1) is 11.8 Å². The topological polar surface area (TPSA) is 32.7 Å². The first-order valence-corrected chi connectivity index (χ1v) is 7.14. The summed E-state index contributed by atoms with van der Waals surface area (Å²) in [6.45, 7) is 4.80. The van der Waals surface area contributed by atoms with Gasteiger partial charge in [-0.1, -0.05) is 19.8 Å². The lowest BCUT2D eigenvalue weighted by molar-refractivity contribution is -0.0512. The summed E-state index contributed by atoms with van der Waals surface area (Å²) in [6, 6.07) is 0.706. The van der Waals surface area contributed by atoms with Crippen LogP contribution in [0.1, 0.15) is 39.0 Å². The Labute approximate surface area is 105 Å². The maximum Gasteiger partial charge on any atom is 0.0624 e. The Morgan fingerprint density at radius 3 is 2.71 bits per heavy atom. The Hall–Kier alpha value is -0.120. The molecule has 0 aromatic rings. The van der Waals surface area contributed by atoms with Crippen LogP contribution in [0.4, 0.5) is 0 Å². The fraction of sp³-hybridized carbons (Fsp3) is 1.00. The molecule has 0 aromatic carbocycles. The lowest BCUT2D eigenvalue weighted by Gasteiger charge is -2.39. The molecule has 1 saturated heterocycles. The van der Waals surface area contributed by atoms with E-state index in [9.17, 15) is 5.11 Å². The van der Waals surface area contributed by atoms with E-state index in [0.717, 1.165) is 32.1 Å². The van der Waals surface area contributed by atoms with Crippen LogP contribution in [-0.4, -0.2) is 49.0 Å².